The Morgan fingerprint density at radius 1 is 0.673 bits per heavy atom. The largest absolute Gasteiger partial charge is 0.440 e. The third kappa shape index (κ3) is 6.40. The second kappa shape index (κ2) is 14.4. The van der Waals surface area contributed by atoms with E-state index in [1.807, 2.05) is 91.0 Å². The molecule has 6 aromatic rings. The maximum Gasteiger partial charge on any atom is 0.440 e. The van der Waals surface area contributed by atoms with Crippen molar-refractivity contribution in [3.8, 4) is 11.1 Å². The van der Waals surface area contributed by atoms with Gasteiger partial charge in [-0.25, -0.2) is 4.79 Å². The zero-order valence-electron chi connectivity index (χ0n) is 27.8. The van der Waals surface area contributed by atoms with Crippen molar-refractivity contribution in [2.75, 3.05) is 11.9 Å². The van der Waals surface area contributed by atoms with E-state index in [1.54, 1.807) is 42.5 Å². The number of fused-ring (bicyclic) bond motifs is 3. The van der Waals surface area contributed by atoms with Crippen molar-refractivity contribution in [2.24, 2.45) is 5.16 Å². The van der Waals surface area contributed by atoms with E-state index in [4.69, 9.17) is 39.6 Å². The molecule has 6 aromatic carbocycles. The predicted octanol–water partition coefficient (Wildman–Crippen LogP) is 10.3. The van der Waals surface area contributed by atoms with E-state index in [0.29, 0.717) is 22.4 Å². The minimum atomic E-state index is -2.24. The number of hydrogen-bond donors (Lipinski definition) is 1. The molecule has 1 atom stereocenters. The van der Waals surface area contributed by atoms with Crippen LogP contribution in [0.2, 0.25) is 0 Å². The first-order valence-corrected chi connectivity index (χ1v) is 17.6. The summed E-state index contributed by atoms with van der Waals surface area (Å²) < 4.78 is -2.24. The molecule has 0 saturated carbocycles. The molecule has 0 heterocycles. The molecule has 1 N–H and O–H groups in total. The van der Waals surface area contributed by atoms with Crippen LogP contribution in [0.15, 0.2) is 163 Å². The number of alkyl halides is 3. The Balaban J connectivity index is 1.38. The van der Waals surface area contributed by atoms with Gasteiger partial charge in [-0.1, -0.05) is 173 Å². The van der Waals surface area contributed by atoms with Crippen molar-refractivity contribution >= 4 is 58.1 Å². The van der Waals surface area contributed by atoms with Gasteiger partial charge < -0.3 is 5.11 Å². The fourth-order valence-corrected chi connectivity index (χ4v) is 7.32. The fourth-order valence-electron chi connectivity index (χ4n) is 6.90. The Hall–Kier alpha value is -5.24. The SMILES string of the molecule is CN(C(=O)O/N=C(/C(O)c1ccc2c(c1)-c1cc(C(=O)c3ccccc3)ccc1C2(c1ccccc1)c1ccccc1)C(Cl)(Cl)Cl)c1ccccc1. The Bertz CT molecular complexity index is 2240. The van der Waals surface area contributed by atoms with E-state index in [1.165, 1.54) is 11.9 Å². The monoisotopic (exact) mass is 744 g/mol. The average Bonchev–Trinajstić information content (AvgIpc) is 3.48. The van der Waals surface area contributed by atoms with Gasteiger partial charge in [0.15, 0.2) is 5.78 Å². The number of benzene rings is 6. The number of amides is 1. The van der Waals surface area contributed by atoms with Gasteiger partial charge in [-0.15, -0.1) is 0 Å². The lowest BCUT2D eigenvalue weighted by Crippen LogP contribution is -2.30. The smallest absolute Gasteiger partial charge is 0.382 e. The van der Waals surface area contributed by atoms with Crippen LogP contribution < -0.4 is 4.90 Å². The minimum absolute atomic E-state index is 0.119. The number of carbonyl (C=O) groups is 2. The van der Waals surface area contributed by atoms with Gasteiger partial charge in [0.25, 0.3) is 0 Å². The molecular weight excluding hydrogens is 715 g/mol. The summed E-state index contributed by atoms with van der Waals surface area (Å²) in [6, 6.07) is 49.5. The van der Waals surface area contributed by atoms with Crippen LogP contribution in [0.5, 0.6) is 0 Å². The molecule has 6 nitrogen and oxygen atoms in total. The van der Waals surface area contributed by atoms with Crippen LogP contribution >= 0.6 is 34.8 Å². The molecule has 258 valence electrons. The Morgan fingerprint density at radius 3 is 1.73 bits per heavy atom. The molecule has 1 aliphatic carbocycles. The summed E-state index contributed by atoms with van der Waals surface area (Å²) in [7, 11) is 1.51. The highest BCUT2D eigenvalue weighted by Crippen LogP contribution is 2.56. The lowest BCUT2D eigenvalue weighted by atomic mass is 9.67. The van der Waals surface area contributed by atoms with Crippen LogP contribution in [-0.4, -0.2) is 33.5 Å². The zero-order chi connectivity index (χ0) is 36.5. The molecule has 0 aliphatic heterocycles. The molecule has 0 saturated heterocycles. The Kier molecular flexibility index (Phi) is 9.75. The molecule has 0 fully saturated rings. The number of halogens is 3. The van der Waals surface area contributed by atoms with Crippen LogP contribution in [0.25, 0.3) is 11.1 Å². The standard InChI is InChI=1S/C43H31Cl3N2O4/c1-48(33-20-12-5-13-21-33)41(51)52-47-40(43(44,45)46)39(50)30-23-25-37-35(27-30)34-26-29(38(49)28-14-6-2-7-15-28)22-24-36(34)42(37,31-16-8-3-9-17-31)32-18-10-4-11-19-32/h2-27,39,50H,1H3/b47-40-. The molecule has 0 aromatic heterocycles. The first-order valence-electron chi connectivity index (χ1n) is 16.4. The quantitative estimate of drug-likeness (QED) is 0.0552. The van der Waals surface area contributed by atoms with Crippen molar-refractivity contribution in [1.82, 2.24) is 0 Å². The average molecular weight is 746 g/mol. The van der Waals surface area contributed by atoms with Crippen molar-refractivity contribution in [3.63, 3.8) is 0 Å². The topological polar surface area (TPSA) is 79.2 Å². The minimum Gasteiger partial charge on any atom is -0.382 e. The van der Waals surface area contributed by atoms with Crippen molar-refractivity contribution in [3.05, 3.63) is 197 Å². The third-order valence-corrected chi connectivity index (χ3v) is 9.96. The van der Waals surface area contributed by atoms with Crippen LogP contribution in [0, 0.1) is 0 Å². The van der Waals surface area contributed by atoms with Gasteiger partial charge >= 0.3 is 6.09 Å². The molecule has 0 radical (unpaired) electrons. The van der Waals surface area contributed by atoms with E-state index in [0.717, 1.165) is 33.4 Å². The number of anilines is 1. The summed E-state index contributed by atoms with van der Waals surface area (Å²) in [5.41, 5.74) is 6.31. The molecule has 7 rings (SSSR count). The van der Waals surface area contributed by atoms with Crippen molar-refractivity contribution < 1.29 is 19.5 Å². The summed E-state index contributed by atoms with van der Waals surface area (Å²) >= 11 is 19.0. The summed E-state index contributed by atoms with van der Waals surface area (Å²) in [5, 5.41) is 15.7. The third-order valence-electron chi connectivity index (χ3n) is 9.38. The lowest BCUT2D eigenvalue weighted by molar-refractivity contribution is 0.103. The maximum atomic E-state index is 13.8. The molecule has 0 spiro atoms. The van der Waals surface area contributed by atoms with Crippen molar-refractivity contribution in [2.45, 2.75) is 15.3 Å². The van der Waals surface area contributed by atoms with Gasteiger partial charge in [-0.3, -0.25) is 14.5 Å². The molecule has 52 heavy (non-hydrogen) atoms. The Labute approximate surface area is 316 Å². The highest BCUT2D eigenvalue weighted by Gasteiger charge is 2.47. The van der Waals surface area contributed by atoms with Crippen LogP contribution in [0.4, 0.5) is 10.5 Å². The first-order chi connectivity index (χ1) is 25.1. The van der Waals surface area contributed by atoms with E-state index in [9.17, 15) is 14.7 Å². The van der Waals surface area contributed by atoms with Crippen LogP contribution in [0.3, 0.4) is 0 Å². The number of aliphatic hydroxyl groups excluding tert-OH is 1. The molecule has 1 unspecified atom stereocenters. The van der Waals surface area contributed by atoms with E-state index < -0.39 is 27.1 Å². The highest BCUT2D eigenvalue weighted by molar-refractivity contribution is 6.77. The van der Waals surface area contributed by atoms with Gasteiger partial charge in [0.05, 0.1) is 5.41 Å². The molecular formula is C43H31Cl3N2O4. The van der Waals surface area contributed by atoms with Gasteiger partial charge in [-0.05, 0) is 63.2 Å². The molecule has 0 bridgehead atoms. The highest BCUT2D eigenvalue weighted by atomic mass is 35.6. The lowest BCUT2D eigenvalue weighted by Gasteiger charge is -2.34. The van der Waals surface area contributed by atoms with E-state index in [2.05, 4.69) is 29.4 Å². The van der Waals surface area contributed by atoms with Crippen LogP contribution in [-0.2, 0) is 10.3 Å². The second-order valence-electron chi connectivity index (χ2n) is 12.4. The van der Waals surface area contributed by atoms with Crippen molar-refractivity contribution in [1.29, 1.82) is 0 Å². The summed E-state index contributed by atoms with van der Waals surface area (Å²) in [5.74, 6) is -0.119. The number of ketones is 1. The normalized spacial score (nSPS) is 13.8. The number of nitrogens with zero attached hydrogens (tertiary/aromatic N) is 2. The summed E-state index contributed by atoms with van der Waals surface area (Å²) in [6.07, 6.45) is -2.44. The number of rotatable bonds is 8. The van der Waals surface area contributed by atoms with Gasteiger partial charge in [0.2, 0.25) is 3.79 Å². The van der Waals surface area contributed by atoms with E-state index in [-0.39, 0.29) is 5.78 Å². The Morgan fingerprint density at radius 2 is 1.17 bits per heavy atom. The van der Waals surface area contributed by atoms with Crippen LogP contribution in [0.1, 0.15) is 49.8 Å². The van der Waals surface area contributed by atoms with E-state index >= 15 is 0 Å². The van der Waals surface area contributed by atoms with Gasteiger partial charge in [0.1, 0.15) is 11.8 Å². The van der Waals surface area contributed by atoms with Gasteiger partial charge in [-0.2, -0.15) is 0 Å². The molecule has 1 amide bonds. The maximum absolute atomic E-state index is 13.8. The second-order valence-corrected chi connectivity index (χ2v) is 14.7. The predicted molar refractivity (Wildman–Crippen MR) is 208 cm³/mol. The first kappa shape index (κ1) is 35.2. The summed E-state index contributed by atoms with van der Waals surface area (Å²) in [4.78, 5) is 33.1. The number of carbonyl (C=O) groups excluding carboxylic acids is 2. The van der Waals surface area contributed by atoms with Gasteiger partial charge in [0, 0.05) is 23.9 Å². The number of hydrogen-bond acceptors (Lipinski definition) is 5. The fraction of sp³-hybridized carbons (Fsp3) is 0.0930. The molecule has 9 heteroatoms. The number of oxime groups is 1. The summed E-state index contributed by atoms with van der Waals surface area (Å²) in [6.45, 7) is 0. The molecule has 1 aliphatic rings. The number of para-hydroxylation sites is 1. The number of aliphatic hydroxyl groups is 1. The zero-order valence-corrected chi connectivity index (χ0v) is 30.1.